The molecule has 0 unspecified atom stereocenters. The fourth-order valence-electron chi connectivity index (χ4n) is 0.761. The highest BCUT2D eigenvalue weighted by Crippen LogP contribution is 2.28. The van der Waals surface area contributed by atoms with E-state index in [2.05, 4.69) is 4.37 Å². The first-order valence-electron chi connectivity index (χ1n) is 4.14. The number of unbranched alkanes of at least 4 members (excludes halogenated alkanes) is 1. The molecule has 0 aliphatic carbocycles. The van der Waals surface area contributed by atoms with Gasteiger partial charge in [-0.2, -0.15) is 4.37 Å². The van der Waals surface area contributed by atoms with Crippen molar-refractivity contribution in [2.45, 2.75) is 19.8 Å². The number of aromatic nitrogens is 1. The Hall–Kier alpha value is -0.320. The SMILES string of the molecule is CCCCOC(=O)c1snc(Cl)c1Cl. The smallest absolute Gasteiger partial charge is 0.351 e. The molecule has 0 atom stereocenters. The van der Waals surface area contributed by atoms with Crippen LogP contribution in [0.15, 0.2) is 0 Å². The average molecular weight is 254 g/mol. The first-order chi connectivity index (χ1) is 6.66. The van der Waals surface area contributed by atoms with Crippen molar-refractivity contribution in [3.63, 3.8) is 0 Å². The Morgan fingerprint density at radius 2 is 2.29 bits per heavy atom. The molecule has 0 fully saturated rings. The molecule has 1 rings (SSSR count). The lowest BCUT2D eigenvalue weighted by Crippen LogP contribution is -2.04. The van der Waals surface area contributed by atoms with Crippen LogP contribution < -0.4 is 0 Å². The van der Waals surface area contributed by atoms with E-state index in [1.165, 1.54) is 0 Å². The van der Waals surface area contributed by atoms with Gasteiger partial charge in [0.15, 0.2) is 10.0 Å². The molecule has 1 aromatic heterocycles. The number of rotatable bonds is 4. The second kappa shape index (κ2) is 5.53. The second-order valence-electron chi connectivity index (χ2n) is 2.61. The molecule has 0 spiro atoms. The molecule has 0 bridgehead atoms. The molecular weight excluding hydrogens is 245 g/mol. The molecule has 0 saturated carbocycles. The molecule has 0 aliphatic heterocycles. The molecule has 14 heavy (non-hydrogen) atoms. The lowest BCUT2D eigenvalue weighted by atomic mass is 10.4. The highest BCUT2D eigenvalue weighted by Gasteiger charge is 2.18. The molecule has 78 valence electrons. The first-order valence-corrected chi connectivity index (χ1v) is 5.67. The van der Waals surface area contributed by atoms with Gasteiger partial charge in [0, 0.05) is 0 Å². The standard InChI is InChI=1S/C8H9Cl2NO2S/c1-2-3-4-13-8(12)6-5(9)7(10)11-14-6/h2-4H2,1H3. The largest absolute Gasteiger partial charge is 0.461 e. The second-order valence-corrected chi connectivity index (χ2v) is 4.12. The molecule has 0 N–H and O–H groups in total. The number of esters is 1. The van der Waals surface area contributed by atoms with Crippen molar-refractivity contribution >= 4 is 40.7 Å². The summed E-state index contributed by atoms with van der Waals surface area (Å²) in [5.41, 5.74) is 0. The van der Waals surface area contributed by atoms with Gasteiger partial charge in [-0.05, 0) is 18.0 Å². The number of carbonyl (C=O) groups is 1. The zero-order chi connectivity index (χ0) is 10.6. The van der Waals surface area contributed by atoms with E-state index in [0.717, 1.165) is 24.4 Å². The Kier molecular flexibility index (Phi) is 4.65. The summed E-state index contributed by atoms with van der Waals surface area (Å²) in [5, 5.41) is 0.331. The van der Waals surface area contributed by atoms with E-state index in [4.69, 9.17) is 27.9 Å². The molecule has 1 heterocycles. The quantitative estimate of drug-likeness (QED) is 0.610. The monoisotopic (exact) mass is 253 g/mol. The number of halogens is 2. The van der Waals surface area contributed by atoms with Crippen LogP contribution in [0, 0.1) is 0 Å². The zero-order valence-electron chi connectivity index (χ0n) is 7.55. The van der Waals surface area contributed by atoms with Gasteiger partial charge in [0.2, 0.25) is 0 Å². The van der Waals surface area contributed by atoms with E-state index in [1.54, 1.807) is 0 Å². The number of ether oxygens (including phenoxy) is 1. The van der Waals surface area contributed by atoms with Crippen LogP contribution in [0.4, 0.5) is 0 Å². The van der Waals surface area contributed by atoms with E-state index in [9.17, 15) is 4.79 Å². The Bertz CT molecular complexity index is 327. The molecule has 0 saturated heterocycles. The van der Waals surface area contributed by atoms with Gasteiger partial charge in [0.05, 0.1) is 6.61 Å². The minimum absolute atomic E-state index is 0.152. The third-order valence-corrected chi connectivity index (χ3v) is 3.29. The van der Waals surface area contributed by atoms with Crippen molar-refractivity contribution in [3.8, 4) is 0 Å². The molecule has 1 aromatic rings. The summed E-state index contributed by atoms with van der Waals surface area (Å²) < 4.78 is 8.69. The van der Waals surface area contributed by atoms with Gasteiger partial charge in [-0.1, -0.05) is 36.5 Å². The Morgan fingerprint density at radius 3 is 2.79 bits per heavy atom. The van der Waals surface area contributed by atoms with Gasteiger partial charge in [-0.3, -0.25) is 0 Å². The van der Waals surface area contributed by atoms with E-state index in [-0.39, 0.29) is 15.1 Å². The highest BCUT2D eigenvalue weighted by molar-refractivity contribution is 7.09. The Balaban J connectivity index is 2.56. The van der Waals surface area contributed by atoms with Crippen LogP contribution >= 0.6 is 34.7 Å². The maximum atomic E-state index is 11.4. The van der Waals surface area contributed by atoms with E-state index in [0.29, 0.717) is 6.61 Å². The lowest BCUT2D eigenvalue weighted by molar-refractivity contribution is 0.0505. The zero-order valence-corrected chi connectivity index (χ0v) is 9.88. The van der Waals surface area contributed by atoms with Gasteiger partial charge in [0.1, 0.15) is 5.02 Å². The summed E-state index contributed by atoms with van der Waals surface area (Å²) in [4.78, 5) is 11.6. The normalized spacial score (nSPS) is 10.2. The fourth-order valence-corrected chi connectivity index (χ4v) is 1.86. The fraction of sp³-hybridized carbons (Fsp3) is 0.500. The Labute approximate surface area is 96.1 Å². The maximum absolute atomic E-state index is 11.4. The summed E-state index contributed by atoms with van der Waals surface area (Å²) in [5.74, 6) is -0.451. The minimum Gasteiger partial charge on any atom is -0.461 e. The van der Waals surface area contributed by atoms with E-state index in [1.807, 2.05) is 6.92 Å². The molecule has 0 radical (unpaired) electrons. The average Bonchev–Trinajstić information content (AvgIpc) is 2.48. The van der Waals surface area contributed by atoms with Crippen LogP contribution in [0.2, 0.25) is 10.2 Å². The van der Waals surface area contributed by atoms with Gasteiger partial charge in [0.25, 0.3) is 0 Å². The topological polar surface area (TPSA) is 39.2 Å². The minimum atomic E-state index is -0.451. The van der Waals surface area contributed by atoms with Gasteiger partial charge >= 0.3 is 5.97 Å². The molecule has 0 aliphatic rings. The van der Waals surface area contributed by atoms with E-state index >= 15 is 0 Å². The number of carbonyl (C=O) groups excluding carboxylic acids is 1. The van der Waals surface area contributed by atoms with Crippen LogP contribution in [0.3, 0.4) is 0 Å². The summed E-state index contributed by atoms with van der Waals surface area (Å²) in [6, 6.07) is 0. The van der Waals surface area contributed by atoms with Crippen molar-refractivity contribution < 1.29 is 9.53 Å². The van der Waals surface area contributed by atoms with Crippen molar-refractivity contribution in [3.05, 3.63) is 15.1 Å². The van der Waals surface area contributed by atoms with Crippen molar-refractivity contribution in [2.75, 3.05) is 6.61 Å². The van der Waals surface area contributed by atoms with Crippen molar-refractivity contribution in [1.29, 1.82) is 0 Å². The van der Waals surface area contributed by atoms with Crippen LogP contribution in [-0.4, -0.2) is 16.9 Å². The highest BCUT2D eigenvalue weighted by atomic mass is 35.5. The van der Waals surface area contributed by atoms with Crippen LogP contribution in [-0.2, 0) is 4.74 Å². The van der Waals surface area contributed by atoms with Crippen molar-refractivity contribution in [2.24, 2.45) is 0 Å². The summed E-state index contributed by atoms with van der Waals surface area (Å²) in [6.45, 7) is 2.42. The molecule has 0 aromatic carbocycles. The molecule has 3 nitrogen and oxygen atoms in total. The van der Waals surface area contributed by atoms with E-state index < -0.39 is 5.97 Å². The van der Waals surface area contributed by atoms with Gasteiger partial charge in [-0.25, -0.2) is 4.79 Å². The predicted molar refractivity (Wildman–Crippen MR) is 57.3 cm³/mol. The molecular formula is C8H9Cl2NO2S. The third-order valence-electron chi connectivity index (χ3n) is 1.51. The summed E-state index contributed by atoms with van der Waals surface area (Å²) in [7, 11) is 0. The predicted octanol–water partition coefficient (Wildman–Crippen LogP) is 3.41. The first kappa shape index (κ1) is 11.8. The maximum Gasteiger partial charge on any atom is 0.351 e. The third kappa shape index (κ3) is 2.83. The summed E-state index contributed by atoms with van der Waals surface area (Å²) in [6.07, 6.45) is 1.82. The lowest BCUT2D eigenvalue weighted by Gasteiger charge is -2.00. The number of hydrogen-bond acceptors (Lipinski definition) is 4. The number of hydrogen-bond donors (Lipinski definition) is 0. The molecule has 0 amide bonds. The van der Waals surface area contributed by atoms with Crippen LogP contribution in [0.5, 0.6) is 0 Å². The summed E-state index contributed by atoms with van der Waals surface area (Å²) >= 11 is 12.3. The van der Waals surface area contributed by atoms with Gasteiger partial charge in [-0.15, -0.1) is 0 Å². The van der Waals surface area contributed by atoms with Gasteiger partial charge < -0.3 is 4.74 Å². The molecule has 6 heteroatoms. The van der Waals surface area contributed by atoms with Crippen LogP contribution in [0.25, 0.3) is 0 Å². The van der Waals surface area contributed by atoms with Crippen molar-refractivity contribution in [1.82, 2.24) is 4.37 Å². The Morgan fingerprint density at radius 1 is 1.57 bits per heavy atom. The van der Waals surface area contributed by atoms with Crippen LogP contribution in [0.1, 0.15) is 29.4 Å². The number of nitrogens with zero attached hydrogens (tertiary/aromatic N) is 1.